The van der Waals surface area contributed by atoms with E-state index >= 15 is 0 Å². The van der Waals surface area contributed by atoms with Crippen molar-refractivity contribution >= 4 is 56.7 Å². The Bertz CT molecular complexity index is 1170. The van der Waals surface area contributed by atoms with Gasteiger partial charge >= 0.3 is 12.1 Å². The Hall–Kier alpha value is -2.49. The number of carbonyl (C=O) groups excluding carboxylic acids is 2. The van der Waals surface area contributed by atoms with Gasteiger partial charge in [-0.2, -0.15) is 0 Å². The topological polar surface area (TPSA) is 93.2 Å². The van der Waals surface area contributed by atoms with Gasteiger partial charge < -0.3 is 9.47 Å². The largest absolute Gasteiger partial charge is 0.468 e. The zero-order chi connectivity index (χ0) is 24.6. The maximum atomic E-state index is 13.4. The van der Waals surface area contributed by atoms with Gasteiger partial charge in [-0.25, -0.2) is 13.2 Å². The summed E-state index contributed by atoms with van der Waals surface area (Å²) in [5, 5.41) is 0.280. The van der Waals surface area contributed by atoms with Crippen LogP contribution in [0.3, 0.4) is 0 Å². The van der Waals surface area contributed by atoms with Gasteiger partial charge in [-0.05, 0) is 69.2 Å². The molecule has 2 aromatic rings. The van der Waals surface area contributed by atoms with Crippen molar-refractivity contribution in [2.45, 2.75) is 37.7 Å². The fourth-order valence-corrected chi connectivity index (χ4v) is 5.48. The lowest BCUT2D eigenvalue weighted by atomic mass is 10.1. The number of hydrogen-bond donors (Lipinski definition) is 0. The molecule has 0 saturated heterocycles. The first-order valence-electron chi connectivity index (χ1n) is 10.0. The molecule has 0 N–H and O–H groups in total. The summed E-state index contributed by atoms with van der Waals surface area (Å²) in [6, 6.07) is 8.70. The number of hydrogen-bond acceptors (Lipinski definition) is 6. The first-order valence-corrected chi connectivity index (χ1v) is 12.2. The maximum absolute atomic E-state index is 13.4. The number of benzene rings is 2. The number of esters is 1. The predicted octanol–water partition coefficient (Wildman–Crippen LogP) is 4.66. The molecule has 1 aliphatic heterocycles. The van der Waals surface area contributed by atoms with Gasteiger partial charge in [-0.15, -0.1) is 0 Å². The molecule has 0 atom stereocenters. The third kappa shape index (κ3) is 5.72. The third-order valence-electron chi connectivity index (χ3n) is 4.78. The van der Waals surface area contributed by atoms with Gasteiger partial charge in [0.05, 0.1) is 23.4 Å². The Labute approximate surface area is 203 Å². The molecule has 0 bridgehead atoms. The van der Waals surface area contributed by atoms with Crippen molar-refractivity contribution < 1.29 is 27.5 Å². The van der Waals surface area contributed by atoms with Gasteiger partial charge in [-0.1, -0.05) is 23.2 Å². The van der Waals surface area contributed by atoms with Crippen LogP contribution in [-0.2, 0) is 30.7 Å². The summed E-state index contributed by atoms with van der Waals surface area (Å²) in [4.78, 5) is 25.9. The molecule has 178 valence electrons. The lowest BCUT2D eigenvalue weighted by Crippen LogP contribution is -2.36. The van der Waals surface area contributed by atoms with Crippen LogP contribution < -0.4 is 9.21 Å². The van der Waals surface area contributed by atoms with Crippen molar-refractivity contribution in [2.75, 3.05) is 29.4 Å². The molecule has 0 aromatic heterocycles. The third-order valence-corrected chi connectivity index (χ3v) is 6.97. The number of methoxy groups -OCH3 is 1. The van der Waals surface area contributed by atoms with E-state index in [1.54, 1.807) is 32.9 Å². The predicted molar refractivity (Wildman–Crippen MR) is 127 cm³/mol. The number of nitrogens with zero attached hydrogens (tertiary/aromatic N) is 2. The van der Waals surface area contributed by atoms with Crippen molar-refractivity contribution in [3.05, 3.63) is 52.0 Å². The van der Waals surface area contributed by atoms with E-state index in [1.165, 1.54) is 36.3 Å². The molecule has 0 unspecified atom stereocenters. The van der Waals surface area contributed by atoms with Crippen LogP contribution in [0.15, 0.2) is 41.3 Å². The Morgan fingerprint density at radius 2 is 1.73 bits per heavy atom. The first kappa shape index (κ1) is 25.1. The van der Waals surface area contributed by atoms with Crippen LogP contribution in [0.4, 0.5) is 16.2 Å². The first-order chi connectivity index (χ1) is 15.3. The van der Waals surface area contributed by atoms with Crippen molar-refractivity contribution in [3.8, 4) is 0 Å². The zero-order valence-electron chi connectivity index (χ0n) is 18.6. The molecule has 0 aliphatic carbocycles. The van der Waals surface area contributed by atoms with Crippen LogP contribution in [0.2, 0.25) is 10.0 Å². The van der Waals surface area contributed by atoms with Gasteiger partial charge in [0.2, 0.25) is 0 Å². The minimum absolute atomic E-state index is 0.140. The van der Waals surface area contributed by atoms with E-state index in [0.29, 0.717) is 18.7 Å². The number of sulfonamides is 1. The molecule has 1 heterocycles. The summed E-state index contributed by atoms with van der Waals surface area (Å²) in [7, 11) is -3.05. The second-order valence-electron chi connectivity index (χ2n) is 8.39. The fraction of sp³-hybridized carbons (Fsp3) is 0.364. The van der Waals surface area contributed by atoms with Gasteiger partial charge in [0.25, 0.3) is 10.0 Å². The van der Waals surface area contributed by atoms with Crippen molar-refractivity contribution in [1.29, 1.82) is 0 Å². The summed E-state index contributed by atoms with van der Waals surface area (Å²) in [6.45, 7) is 5.17. The molecule has 8 nitrogen and oxygen atoms in total. The molecule has 0 radical (unpaired) electrons. The van der Waals surface area contributed by atoms with Crippen LogP contribution >= 0.6 is 23.2 Å². The van der Waals surface area contributed by atoms with Crippen LogP contribution in [0.5, 0.6) is 0 Å². The molecule has 1 aliphatic rings. The highest BCUT2D eigenvalue weighted by Gasteiger charge is 2.32. The van der Waals surface area contributed by atoms with E-state index in [1.807, 2.05) is 0 Å². The summed E-state index contributed by atoms with van der Waals surface area (Å²) in [6.07, 6.45) is 0.0129. The van der Waals surface area contributed by atoms with Gasteiger partial charge in [0.15, 0.2) is 0 Å². The van der Waals surface area contributed by atoms with Gasteiger partial charge in [0.1, 0.15) is 12.1 Å². The summed E-state index contributed by atoms with van der Waals surface area (Å²) in [5.41, 5.74) is 0.951. The van der Waals surface area contributed by atoms with Crippen molar-refractivity contribution in [1.82, 2.24) is 0 Å². The number of fused-ring (bicyclic) bond motifs is 1. The monoisotopic (exact) mass is 514 g/mol. The molecular formula is C22H24Cl2N2O6S. The second-order valence-corrected chi connectivity index (χ2v) is 11.1. The Morgan fingerprint density at radius 3 is 2.30 bits per heavy atom. The lowest BCUT2D eigenvalue weighted by molar-refractivity contribution is -0.138. The van der Waals surface area contributed by atoms with E-state index in [0.717, 1.165) is 9.87 Å². The molecule has 0 spiro atoms. The smallest absolute Gasteiger partial charge is 0.414 e. The van der Waals surface area contributed by atoms with Gasteiger partial charge in [0, 0.05) is 16.6 Å². The van der Waals surface area contributed by atoms with Gasteiger partial charge in [-0.3, -0.25) is 14.0 Å². The SMILES string of the molecule is COC(=O)CN(c1ccc2c(c1)CCN2C(=O)OC(C)(C)C)S(=O)(=O)c1cc(Cl)cc(Cl)c1. The maximum Gasteiger partial charge on any atom is 0.414 e. The second kappa shape index (κ2) is 9.40. The normalized spacial score (nSPS) is 13.5. The Morgan fingerprint density at radius 1 is 1.09 bits per heavy atom. The van der Waals surface area contributed by atoms with Crippen LogP contribution in [-0.4, -0.2) is 46.3 Å². The minimum Gasteiger partial charge on any atom is -0.468 e. The number of halogens is 2. The fourth-order valence-electron chi connectivity index (χ4n) is 3.35. The molecule has 33 heavy (non-hydrogen) atoms. The van der Waals surface area contributed by atoms with E-state index < -0.39 is 34.2 Å². The number of ether oxygens (including phenoxy) is 2. The average Bonchev–Trinajstić information content (AvgIpc) is 3.13. The van der Waals surface area contributed by atoms with Crippen LogP contribution in [0, 0.1) is 0 Å². The van der Waals surface area contributed by atoms with Crippen molar-refractivity contribution in [3.63, 3.8) is 0 Å². The van der Waals surface area contributed by atoms with E-state index in [4.69, 9.17) is 32.7 Å². The number of carbonyl (C=O) groups is 2. The summed E-state index contributed by atoms with van der Waals surface area (Å²) in [5.74, 6) is -0.748. The summed E-state index contributed by atoms with van der Waals surface area (Å²) < 4.78 is 38.0. The molecule has 0 fully saturated rings. The average molecular weight is 515 g/mol. The standard InChI is InChI=1S/C22H24Cl2N2O6S/c1-22(2,3)32-21(28)25-8-7-14-9-17(5-6-19(14)25)26(13-20(27)31-4)33(29,30)18-11-15(23)10-16(24)12-18/h5-6,9-12H,7-8,13H2,1-4H3. The number of amides is 1. The highest BCUT2D eigenvalue weighted by atomic mass is 35.5. The van der Waals surface area contributed by atoms with Crippen LogP contribution in [0.1, 0.15) is 26.3 Å². The Kier molecular flexibility index (Phi) is 7.16. The lowest BCUT2D eigenvalue weighted by Gasteiger charge is -2.26. The van der Waals surface area contributed by atoms with Crippen molar-refractivity contribution in [2.24, 2.45) is 0 Å². The van der Waals surface area contributed by atoms with E-state index in [9.17, 15) is 18.0 Å². The summed E-state index contributed by atoms with van der Waals surface area (Å²) >= 11 is 12.0. The molecule has 1 amide bonds. The molecule has 11 heteroatoms. The quantitative estimate of drug-likeness (QED) is 0.538. The molecule has 0 saturated carbocycles. The highest BCUT2D eigenvalue weighted by Crippen LogP contribution is 2.35. The zero-order valence-corrected chi connectivity index (χ0v) is 20.9. The Balaban J connectivity index is 2.01. The number of rotatable bonds is 5. The molecular weight excluding hydrogens is 491 g/mol. The molecule has 3 rings (SSSR count). The van der Waals surface area contributed by atoms with E-state index in [2.05, 4.69) is 0 Å². The van der Waals surface area contributed by atoms with E-state index in [-0.39, 0.29) is 20.6 Å². The molecule has 2 aromatic carbocycles. The minimum atomic E-state index is -4.22. The number of anilines is 2. The highest BCUT2D eigenvalue weighted by molar-refractivity contribution is 7.92. The van der Waals surface area contributed by atoms with Crippen LogP contribution in [0.25, 0.3) is 0 Å².